The van der Waals surface area contributed by atoms with Gasteiger partial charge in [0.1, 0.15) is 5.01 Å². The van der Waals surface area contributed by atoms with Gasteiger partial charge >= 0.3 is 0 Å². The minimum Gasteiger partial charge on any atom is -0.356 e. The standard InChI is InChI=1S/C12H23N5S.HI/c1-10-8-15-11(18-10)9-16-12(13-2)14-6-5-7-17(3)4;/h8H,5-7,9H2,1-4H3,(H2,13,14,16);1H. The van der Waals surface area contributed by atoms with Crippen molar-refractivity contribution in [3.8, 4) is 0 Å². The number of guanidine groups is 1. The number of nitrogens with one attached hydrogen (secondary N) is 2. The maximum atomic E-state index is 4.31. The molecule has 1 aromatic heterocycles. The highest BCUT2D eigenvalue weighted by Crippen LogP contribution is 2.10. The van der Waals surface area contributed by atoms with Gasteiger partial charge in [-0.1, -0.05) is 0 Å². The molecule has 0 aliphatic rings. The smallest absolute Gasteiger partial charge is 0.191 e. The Morgan fingerprint density at radius 3 is 2.68 bits per heavy atom. The fourth-order valence-corrected chi connectivity index (χ4v) is 2.19. The first-order valence-corrected chi connectivity index (χ1v) is 6.94. The lowest BCUT2D eigenvalue weighted by molar-refractivity contribution is 0.399. The predicted molar refractivity (Wildman–Crippen MR) is 93.6 cm³/mol. The van der Waals surface area contributed by atoms with Crippen LogP contribution in [-0.4, -0.2) is 50.1 Å². The van der Waals surface area contributed by atoms with E-state index in [9.17, 15) is 0 Å². The molecular formula is C12H24IN5S. The van der Waals surface area contributed by atoms with Gasteiger partial charge in [-0.2, -0.15) is 0 Å². The van der Waals surface area contributed by atoms with Gasteiger partial charge in [0.05, 0.1) is 6.54 Å². The molecule has 2 N–H and O–H groups in total. The van der Waals surface area contributed by atoms with Gasteiger partial charge in [0, 0.05) is 24.7 Å². The number of thiazole rings is 1. The second-order valence-corrected chi connectivity index (χ2v) is 5.69. The molecule has 0 unspecified atom stereocenters. The summed E-state index contributed by atoms with van der Waals surface area (Å²) in [5.41, 5.74) is 0. The van der Waals surface area contributed by atoms with Gasteiger partial charge in [-0.25, -0.2) is 4.98 Å². The van der Waals surface area contributed by atoms with E-state index in [1.54, 1.807) is 18.4 Å². The quantitative estimate of drug-likeness (QED) is 0.332. The average molecular weight is 397 g/mol. The van der Waals surface area contributed by atoms with Crippen LogP contribution in [0.15, 0.2) is 11.2 Å². The molecule has 0 amide bonds. The van der Waals surface area contributed by atoms with Gasteiger partial charge in [0.15, 0.2) is 5.96 Å². The molecule has 1 rings (SSSR count). The van der Waals surface area contributed by atoms with E-state index in [1.807, 2.05) is 6.20 Å². The summed E-state index contributed by atoms with van der Waals surface area (Å²) in [5, 5.41) is 7.64. The number of nitrogens with zero attached hydrogens (tertiary/aromatic N) is 3. The first-order valence-electron chi connectivity index (χ1n) is 6.12. The van der Waals surface area contributed by atoms with Crippen molar-refractivity contribution in [1.29, 1.82) is 0 Å². The van der Waals surface area contributed by atoms with Gasteiger partial charge in [0.25, 0.3) is 0 Å². The van der Waals surface area contributed by atoms with Gasteiger partial charge < -0.3 is 15.5 Å². The Morgan fingerprint density at radius 2 is 2.16 bits per heavy atom. The van der Waals surface area contributed by atoms with Crippen LogP contribution in [0.25, 0.3) is 0 Å². The first-order chi connectivity index (χ1) is 8.61. The van der Waals surface area contributed by atoms with Crippen molar-refractivity contribution < 1.29 is 0 Å². The normalized spacial score (nSPS) is 11.3. The van der Waals surface area contributed by atoms with E-state index >= 15 is 0 Å². The highest BCUT2D eigenvalue weighted by Gasteiger charge is 2.01. The van der Waals surface area contributed by atoms with Crippen LogP contribution in [0, 0.1) is 6.92 Å². The van der Waals surface area contributed by atoms with E-state index in [0.29, 0.717) is 0 Å². The molecule has 0 saturated carbocycles. The van der Waals surface area contributed by atoms with Gasteiger partial charge in [-0.05, 0) is 34.0 Å². The van der Waals surface area contributed by atoms with Crippen molar-refractivity contribution >= 4 is 41.3 Å². The summed E-state index contributed by atoms with van der Waals surface area (Å²) in [4.78, 5) is 11.9. The zero-order valence-electron chi connectivity index (χ0n) is 12.1. The van der Waals surface area contributed by atoms with E-state index in [0.717, 1.165) is 37.0 Å². The Morgan fingerprint density at radius 1 is 1.42 bits per heavy atom. The third-order valence-corrected chi connectivity index (χ3v) is 3.29. The first kappa shape index (κ1) is 18.6. The number of halogens is 1. The van der Waals surface area contributed by atoms with E-state index < -0.39 is 0 Å². The molecule has 5 nitrogen and oxygen atoms in total. The fraction of sp³-hybridized carbons (Fsp3) is 0.667. The zero-order valence-corrected chi connectivity index (χ0v) is 15.2. The SMILES string of the molecule is CN=C(NCCCN(C)C)NCc1ncc(C)s1.I. The largest absolute Gasteiger partial charge is 0.356 e. The summed E-state index contributed by atoms with van der Waals surface area (Å²) in [5.74, 6) is 0.835. The minimum atomic E-state index is 0. The molecule has 0 saturated heterocycles. The molecule has 0 atom stereocenters. The maximum Gasteiger partial charge on any atom is 0.191 e. The molecule has 0 spiro atoms. The summed E-state index contributed by atoms with van der Waals surface area (Å²) >= 11 is 1.71. The lowest BCUT2D eigenvalue weighted by Crippen LogP contribution is -2.38. The van der Waals surface area contributed by atoms with E-state index in [1.165, 1.54) is 4.88 Å². The number of hydrogen-bond donors (Lipinski definition) is 2. The molecular weight excluding hydrogens is 373 g/mol. The molecule has 0 radical (unpaired) electrons. The summed E-state index contributed by atoms with van der Waals surface area (Å²) < 4.78 is 0. The zero-order chi connectivity index (χ0) is 13.4. The van der Waals surface area contributed by atoms with Crippen molar-refractivity contribution in [2.75, 3.05) is 34.2 Å². The summed E-state index contributed by atoms with van der Waals surface area (Å²) in [6.45, 7) is 4.80. The van der Waals surface area contributed by atoms with E-state index in [-0.39, 0.29) is 24.0 Å². The third kappa shape index (κ3) is 8.38. The Labute approximate surface area is 136 Å². The molecule has 0 bridgehead atoms. The summed E-state index contributed by atoms with van der Waals surface area (Å²) in [7, 11) is 5.95. The number of aliphatic imine (C=N–C) groups is 1. The Kier molecular flexibility index (Phi) is 10.2. The van der Waals surface area contributed by atoms with Crippen LogP contribution in [-0.2, 0) is 6.54 Å². The molecule has 0 aromatic carbocycles. The number of aryl methyl sites for hydroxylation is 1. The van der Waals surface area contributed by atoms with E-state index in [2.05, 4.69) is 46.5 Å². The van der Waals surface area contributed by atoms with Crippen molar-refractivity contribution in [2.45, 2.75) is 19.9 Å². The lowest BCUT2D eigenvalue weighted by Gasteiger charge is -2.12. The molecule has 19 heavy (non-hydrogen) atoms. The topological polar surface area (TPSA) is 52.6 Å². The molecule has 7 heteroatoms. The minimum absolute atomic E-state index is 0. The van der Waals surface area contributed by atoms with Gasteiger partial charge in [-0.3, -0.25) is 4.99 Å². The molecule has 1 heterocycles. The Bertz CT molecular complexity index is 378. The van der Waals surface area contributed by atoms with E-state index in [4.69, 9.17) is 0 Å². The highest BCUT2D eigenvalue weighted by molar-refractivity contribution is 14.0. The van der Waals surface area contributed by atoms with Crippen molar-refractivity contribution in [1.82, 2.24) is 20.5 Å². The van der Waals surface area contributed by atoms with Crippen LogP contribution in [0.4, 0.5) is 0 Å². The third-order valence-electron chi connectivity index (χ3n) is 2.37. The van der Waals surface area contributed by atoms with Crippen LogP contribution < -0.4 is 10.6 Å². The molecule has 1 aromatic rings. The van der Waals surface area contributed by atoms with Gasteiger partial charge in [0.2, 0.25) is 0 Å². The average Bonchev–Trinajstić information content (AvgIpc) is 2.74. The lowest BCUT2D eigenvalue weighted by atomic mass is 10.4. The fourth-order valence-electron chi connectivity index (χ4n) is 1.47. The van der Waals surface area contributed by atoms with Crippen LogP contribution >= 0.6 is 35.3 Å². The Balaban J connectivity index is 0.00000324. The number of aromatic nitrogens is 1. The van der Waals surface area contributed by atoms with Crippen molar-refractivity contribution in [3.05, 3.63) is 16.1 Å². The maximum absolute atomic E-state index is 4.31. The molecule has 0 fully saturated rings. The number of hydrogen-bond acceptors (Lipinski definition) is 4. The molecule has 110 valence electrons. The van der Waals surface area contributed by atoms with Crippen molar-refractivity contribution in [2.24, 2.45) is 4.99 Å². The van der Waals surface area contributed by atoms with Crippen LogP contribution in [0.2, 0.25) is 0 Å². The second-order valence-electron chi connectivity index (χ2n) is 4.37. The van der Waals surface area contributed by atoms with Crippen LogP contribution in [0.3, 0.4) is 0 Å². The summed E-state index contributed by atoms with van der Waals surface area (Å²) in [6, 6.07) is 0. The second kappa shape index (κ2) is 10.4. The van der Waals surface area contributed by atoms with Crippen LogP contribution in [0.1, 0.15) is 16.3 Å². The molecule has 0 aliphatic carbocycles. The van der Waals surface area contributed by atoms with Crippen LogP contribution in [0.5, 0.6) is 0 Å². The number of rotatable bonds is 6. The Hall–Kier alpha value is -0.410. The predicted octanol–water partition coefficient (Wildman–Crippen LogP) is 1.69. The monoisotopic (exact) mass is 397 g/mol. The van der Waals surface area contributed by atoms with Crippen molar-refractivity contribution in [3.63, 3.8) is 0 Å². The molecule has 0 aliphatic heterocycles. The summed E-state index contributed by atoms with van der Waals surface area (Å²) in [6.07, 6.45) is 3.00. The highest BCUT2D eigenvalue weighted by atomic mass is 127. The van der Waals surface area contributed by atoms with Gasteiger partial charge in [-0.15, -0.1) is 35.3 Å².